The van der Waals surface area contributed by atoms with Crippen molar-refractivity contribution < 1.29 is 14.3 Å². The zero-order valence-corrected chi connectivity index (χ0v) is 25.7. The molecule has 0 radical (unpaired) electrons. The molecule has 3 aromatic heterocycles. The Morgan fingerprint density at radius 3 is 2.57 bits per heavy atom. The maximum atomic E-state index is 13.0. The zero-order chi connectivity index (χ0) is 30.0. The summed E-state index contributed by atoms with van der Waals surface area (Å²) in [6, 6.07) is 12.9. The number of nitrogens with zero attached hydrogens (tertiary/aromatic N) is 5. The fraction of sp³-hybridized carbons (Fsp3) is 0.424. The Bertz CT molecular complexity index is 1640. The number of carbonyl (C=O) groups excluding carboxylic acids is 2. The van der Waals surface area contributed by atoms with Crippen LogP contribution < -0.4 is 10.6 Å². The average molecular weight is 612 g/mol. The molecule has 10 nitrogen and oxygen atoms in total. The lowest BCUT2D eigenvalue weighted by Crippen LogP contribution is -2.47. The van der Waals surface area contributed by atoms with Crippen LogP contribution in [0.4, 0.5) is 5.13 Å². The molecule has 0 spiro atoms. The molecule has 2 aliphatic carbocycles. The predicted octanol–water partition coefficient (Wildman–Crippen LogP) is 4.42. The molecular formula is C33H37N7O3S. The van der Waals surface area contributed by atoms with Crippen LogP contribution in [0.5, 0.6) is 0 Å². The smallest absolute Gasteiger partial charge is 0.224 e. The second-order valence-electron chi connectivity index (χ2n) is 11.9. The molecule has 0 atom stereocenters. The summed E-state index contributed by atoms with van der Waals surface area (Å²) in [4.78, 5) is 37.3. The van der Waals surface area contributed by atoms with E-state index in [1.165, 1.54) is 18.3 Å². The van der Waals surface area contributed by atoms with Gasteiger partial charge in [-0.15, -0.1) is 0 Å². The summed E-state index contributed by atoms with van der Waals surface area (Å²) >= 11 is 1.48. The molecule has 4 aromatic rings. The molecule has 1 saturated heterocycles. The van der Waals surface area contributed by atoms with Crippen molar-refractivity contribution >= 4 is 28.3 Å². The first-order valence-electron chi connectivity index (χ1n) is 15.5. The van der Waals surface area contributed by atoms with Crippen LogP contribution in [-0.2, 0) is 33.6 Å². The van der Waals surface area contributed by atoms with Crippen LogP contribution in [0, 0.1) is 0 Å². The van der Waals surface area contributed by atoms with Crippen LogP contribution >= 0.6 is 11.3 Å². The quantitative estimate of drug-likeness (QED) is 0.318. The van der Waals surface area contributed by atoms with E-state index < -0.39 is 0 Å². The van der Waals surface area contributed by atoms with Crippen molar-refractivity contribution in [1.82, 2.24) is 30.0 Å². The van der Waals surface area contributed by atoms with E-state index in [0.29, 0.717) is 17.6 Å². The Kier molecular flexibility index (Phi) is 8.24. The number of hydrogen-bond acceptors (Lipinski definition) is 8. The van der Waals surface area contributed by atoms with Gasteiger partial charge in [0, 0.05) is 55.6 Å². The molecule has 3 aliphatic rings. The SMILES string of the molecule is CC(=O)Nc1nc2c(s1)-c1c(c(-c3cccnc3)nn1-c1ccc(CC(=O)NC3CCC(N4CCOCC4)CC3)cc1)CC2. The molecule has 0 bridgehead atoms. The van der Waals surface area contributed by atoms with Crippen LogP contribution in [0.15, 0.2) is 48.8 Å². The number of nitrogens with one attached hydrogen (secondary N) is 2. The minimum atomic E-state index is -0.138. The molecular weight excluding hydrogens is 574 g/mol. The van der Waals surface area contributed by atoms with Gasteiger partial charge >= 0.3 is 0 Å². The van der Waals surface area contributed by atoms with E-state index in [2.05, 4.69) is 20.5 Å². The fourth-order valence-corrected chi connectivity index (χ4v) is 7.86. The monoisotopic (exact) mass is 611 g/mol. The van der Waals surface area contributed by atoms with Crippen LogP contribution in [0.25, 0.3) is 27.5 Å². The van der Waals surface area contributed by atoms with Gasteiger partial charge in [0.25, 0.3) is 0 Å². The third kappa shape index (κ3) is 6.04. The average Bonchev–Trinajstić information content (AvgIpc) is 3.63. The predicted molar refractivity (Wildman–Crippen MR) is 170 cm³/mol. The highest BCUT2D eigenvalue weighted by Crippen LogP contribution is 2.44. The van der Waals surface area contributed by atoms with E-state index in [1.54, 1.807) is 6.20 Å². The summed E-state index contributed by atoms with van der Waals surface area (Å²) in [6.45, 7) is 5.20. The number of aryl methyl sites for hydroxylation is 1. The summed E-state index contributed by atoms with van der Waals surface area (Å²) in [5.41, 5.74) is 6.85. The molecule has 1 aromatic carbocycles. The number of thiazole rings is 1. The van der Waals surface area contributed by atoms with Crippen molar-refractivity contribution in [3.05, 3.63) is 65.6 Å². The van der Waals surface area contributed by atoms with Gasteiger partial charge in [0.15, 0.2) is 5.13 Å². The van der Waals surface area contributed by atoms with Crippen molar-refractivity contribution in [1.29, 1.82) is 0 Å². The van der Waals surface area contributed by atoms with Gasteiger partial charge in [-0.2, -0.15) is 5.10 Å². The van der Waals surface area contributed by atoms with E-state index in [0.717, 1.165) is 109 Å². The second-order valence-corrected chi connectivity index (χ2v) is 12.9. The Morgan fingerprint density at radius 1 is 1.05 bits per heavy atom. The normalized spacial score (nSPS) is 20.0. The van der Waals surface area contributed by atoms with Crippen molar-refractivity contribution in [2.24, 2.45) is 0 Å². The summed E-state index contributed by atoms with van der Waals surface area (Å²) in [6.07, 6.45) is 9.84. The summed E-state index contributed by atoms with van der Waals surface area (Å²) in [5, 5.41) is 11.8. The highest BCUT2D eigenvalue weighted by Gasteiger charge is 2.30. The van der Waals surface area contributed by atoms with Crippen LogP contribution in [0.3, 0.4) is 0 Å². The molecule has 0 unspecified atom stereocenters. The van der Waals surface area contributed by atoms with Gasteiger partial charge in [0.1, 0.15) is 0 Å². The van der Waals surface area contributed by atoms with Gasteiger partial charge in [-0.05, 0) is 68.4 Å². The molecule has 228 valence electrons. The largest absolute Gasteiger partial charge is 0.379 e. The number of rotatable bonds is 7. The summed E-state index contributed by atoms with van der Waals surface area (Å²) in [5.74, 6) is -0.0659. The number of ether oxygens (including phenoxy) is 1. The van der Waals surface area contributed by atoms with Crippen LogP contribution in [-0.4, -0.2) is 74.8 Å². The minimum absolute atomic E-state index is 0.0720. The van der Waals surface area contributed by atoms with Gasteiger partial charge in [-0.1, -0.05) is 23.5 Å². The zero-order valence-electron chi connectivity index (χ0n) is 24.9. The fourth-order valence-electron chi connectivity index (χ4n) is 6.74. The first-order chi connectivity index (χ1) is 21.5. The van der Waals surface area contributed by atoms with Crippen molar-refractivity contribution in [3.63, 3.8) is 0 Å². The molecule has 2 amide bonds. The third-order valence-corrected chi connectivity index (χ3v) is 9.91. The van der Waals surface area contributed by atoms with Gasteiger partial charge < -0.3 is 15.4 Å². The molecule has 1 aliphatic heterocycles. The van der Waals surface area contributed by atoms with Gasteiger partial charge in [0.05, 0.1) is 47.3 Å². The number of anilines is 1. The minimum Gasteiger partial charge on any atom is -0.379 e. The van der Waals surface area contributed by atoms with E-state index in [1.807, 2.05) is 47.3 Å². The van der Waals surface area contributed by atoms with Crippen molar-refractivity contribution in [2.75, 3.05) is 31.6 Å². The van der Waals surface area contributed by atoms with Crippen LogP contribution in [0.2, 0.25) is 0 Å². The molecule has 11 heteroatoms. The third-order valence-electron chi connectivity index (χ3n) is 8.90. The molecule has 7 rings (SSSR count). The highest BCUT2D eigenvalue weighted by molar-refractivity contribution is 7.19. The number of aromatic nitrogens is 4. The number of hydrogen-bond donors (Lipinski definition) is 2. The number of carbonyl (C=O) groups is 2. The molecule has 2 fully saturated rings. The van der Waals surface area contributed by atoms with Crippen LogP contribution in [0.1, 0.15) is 49.4 Å². The first-order valence-corrected chi connectivity index (χ1v) is 16.3. The Morgan fingerprint density at radius 2 is 1.84 bits per heavy atom. The van der Waals surface area contributed by atoms with E-state index in [4.69, 9.17) is 14.8 Å². The topological polar surface area (TPSA) is 114 Å². The molecule has 2 N–H and O–H groups in total. The van der Waals surface area contributed by atoms with Gasteiger partial charge in [-0.25, -0.2) is 9.67 Å². The number of fused-ring (bicyclic) bond motifs is 3. The Labute approximate surface area is 260 Å². The second kappa shape index (κ2) is 12.6. The lowest BCUT2D eigenvalue weighted by molar-refractivity contribution is -0.121. The Balaban J connectivity index is 1.08. The number of benzene rings is 1. The summed E-state index contributed by atoms with van der Waals surface area (Å²) in [7, 11) is 0. The molecule has 44 heavy (non-hydrogen) atoms. The lowest BCUT2D eigenvalue weighted by atomic mass is 9.89. The number of pyridine rings is 1. The Hall–Kier alpha value is -3.93. The van der Waals surface area contributed by atoms with Crippen molar-refractivity contribution in [3.8, 4) is 27.5 Å². The van der Waals surface area contributed by atoms with Gasteiger partial charge in [-0.3, -0.25) is 19.5 Å². The van der Waals surface area contributed by atoms with Crippen molar-refractivity contribution in [2.45, 2.75) is 64.0 Å². The van der Waals surface area contributed by atoms with E-state index >= 15 is 0 Å². The molecule has 4 heterocycles. The number of morpholine rings is 1. The number of amides is 2. The van der Waals surface area contributed by atoms with E-state index in [9.17, 15) is 9.59 Å². The maximum Gasteiger partial charge on any atom is 0.224 e. The van der Waals surface area contributed by atoms with E-state index in [-0.39, 0.29) is 17.9 Å². The molecule has 1 saturated carbocycles. The summed E-state index contributed by atoms with van der Waals surface area (Å²) < 4.78 is 7.48. The maximum absolute atomic E-state index is 13.0. The highest BCUT2D eigenvalue weighted by atomic mass is 32.1. The first kappa shape index (κ1) is 28.8. The van der Waals surface area contributed by atoms with Gasteiger partial charge in [0.2, 0.25) is 11.8 Å². The standard InChI is InChI=1S/C33H37N7O3S/c1-21(41)35-33-37-28-13-12-27-30(23-3-2-14-34-20-23)38-40(31(27)32(28)44-33)26-8-4-22(5-9-26)19-29(42)36-24-6-10-25(11-7-24)39-15-17-43-18-16-39/h2-5,8-9,14,20,24-25H,6-7,10-13,15-19H2,1H3,(H,36,42)(H,35,37,41). The lowest BCUT2D eigenvalue weighted by Gasteiger charge is -2.38.